The maximum absolute atomic E-state index is 15.2. The van der Waals surface area contributed by atoms with Crippen LogP contribution in [-0.2, 0) is 36.6 Å². The summed E-state index contributed by atoms with van der Waals surface area (Å²) in [5.74, 6) is 1.18. The summed E-state index contributed by atoms with van der Waals surface area (Å²) in [5.41, 5.74) is 3.03. The number of hydrogen-bond acceptors (Lipinski definition) is 17. The van der Waals surface area contributed by atoms with Gasteiger partial charge in [0.15, 0.2) is 40.0 Å². The van der Waals surface area contributed by atoms with Gasteiger partial charge in [0.1, 0.15) is 24.0 Å². The predicted molar refractivity (Wildman–Crippen MR) is 235 cm³/mol. The topological polar surface area (TPSA) is 188 Å². The fraction of sp³-hybridized carbons (Fsp3) is 0.542. The van der Waals surface area contributed by atoms with Crippen molar-refractivity contribution in [3.8, 4) is 46.3 Å². The first kappa shape index (κ1) is 43.5. The number of nitrogens with zero attached hydrogens (tertiary/aromatic N) is 3. The lowest BCUT2D eigenvalue weighted by Gasteiger charge is -2.66. The average molecular weight is 911 g/mol. The molecule has 1 spiro atoms. The zero-order valence-corrected chi connectivity index (χ0v) is 38.9. The fourth-order valence-corrected chi connectivity index (χ4v) is 13.5. The van der Waals surface area contributed by atoms with Gasteiger partial charge in [0, 0.05) is 58.6 Å². The third-order valence-corrected chi connectivity index (χ3v) is 15.8. The van der Waals surface area contributed by atoms with Gasteiger partial charge >= 0.3 is 18.1 Å². The molecule has 344 valence electrons. The van der Waals surface area contributed by atoms with Crippen molar-refractivity contribution in [3.63, 3.8) is 0 Å². The molecule has 8 aliphatic rings. The SMILES string of the molecule is CCCC(=O)Oc1c(C)c2c(c3c1C1SC[C@]4(NCCc5cc(OC(=O)OC(C)(C)C)c(OC)cc54)C(=O)OCC3N3C1[C@H]1c4c(cc(C)c(OC)c4O)[C@@]4(C)C[C@@H]([C@@H]3C#N)N14)OCO2. The number of nitrogens with one attached hydrogen (secondary N) is 1. The number of phenolic OH excluding ortho intramolecular Hbond substituents is 1. The molecule has 3 aromatic rings. The third-order valence-electron chi connectivity index (χ3n) is 14.4. The molecule has 16 nitrogen and oxygen atoms in total. The second-order valence-corrected chi connectivity index (χ2v) is 20.3. The Kier molecular flexibility index (Phi) is 10.3. The smallest absolute Gasteiger partial charge is 0.504 e. The van der Waals surface area contributed by atoms with Gasteiger partial charge < -0.3 is 43.0 Å². The summed E-state index contributed by atoms with van der Waals surface area (Å²) in [5, 5.41) is 26.6. The van der Waals surface area contributed by atoms with Crippen LogP contribution in [0.4, 0.5) is 4.79 Å². The monoisotopic (exact) mass is 910 g/mol. The Bertz CT molecular complexity index is 2610. The second-order valence-electron chi connectivity index (χ2n) is 19.2. The van der Waals surface area contributed by atoms with E-state index in [1.54, 1.807) is 40.0 Å². The second kappa shape index (κ2) is 15.3. The minimum absolute atomic E-state index is 0.0501. The molecule has 8 atom stereocenters. The molecule has 3 aromatic carbocycles. The zero-order chi connectivity index (χ0) is 46.1. The largest absolute Gasteiger partial charge is 0.514 e. The predicted octanol–water partition coefficient (Wildman–Crippen LogP) is 6.82. The van der Waals surface area contributed by atoms with Crippen LogP contribution in [-0.4, -0.2) is 96.6 Å². The van der Waals surface area contributed by atoms with Crippen molar-refractivity contribution < 1.29 is 57.4 Å². The van der Waals surface area contributed by atoms with Crippen LogP contribution in [0.3, 0.4) is 0 Å². The summed E-state index contributed by atoms with van der Waals surface area (Å²) in [7, 11) is 3.01. The van der Waals surface area contributed by atoms with E-state index in [2.05, 4.69) is 34.2 Å². The Hall–Kier alpha value is -5.41. The lowest BCUT2D eigenvalue weighted by molar-refractivity contribution is -0.187. The van der Waals surface area contributed by atoms with Crippen LogP contribution in [0.5, 0.6) is 40.2 Å². The number of phenols is 1. The van der Waals surface area contributed by atoms with Gasteiger partial charge in [0.2, 0.25) is 6.79 Å². The molecule has 0 saturated carbocycles. The number of carbonyl (C=O) groups excluding carboxylic acids is 3. The van der Waals surface area contributed by atoms with Gasteiger partial charge in [-0.15, -0.1) is 11.8 Å². The maximum atomic E-state index is 15.2. The van der Waals surface area contributed by atoms with Crippen molar-refractivity contribution in [2.24, 2.45) is 0 Å². The fourth-order valence-electron chi connectivity index (χ4n) is 11.9. The first-order valence-corrected chi connectivity index (χ1v) is 23.3. The van der Waals surface area contributed by atoms with Crippen LogP contribution in [0, 0.1) is 25.2 Å². The Morgan fingerprint density at radius 2 is 1.78 bits per heavy atom. The van der Waals surface area contributed by atoms with Crippen molar-refractivity contribution in [1.29, 1.82) is 5.26 Å². The molecule has 0 amide bonds. The van der Waals surface area contributed by atoms with Gasteiger partial charge in [-0.2, -0.15) is 5.26 Å². The van der Waals surface area contributed by atoms with Gasteiger partial charge in [0.05, 0.1) is 37.6 Å². The zero-order valence-electron chi connectivity index (χ0n) is 38.0. The highest BCUT2D eigenvalue weighted by Crippen LogP contribution is 2.71. The van der Waals surface area contributed by atoms with E-state index in [-0.39, 0.29) is 48.9 Å². The van der Waals surface area contributed by atoms with Crippen LogP contribution >= 0.6 is 11.8 Å². The van der Waals surface area contributed by atoms with Crippen molar-refractivity contribution in [1.82, 2.24) is 15.1 Å². The highest BCUT2D eigenvalue weighted by atomic mass is 32.2. The number of thioether (sulfide) groups is 1. The molecule has 3 unspecified atom stereocenters. The van der Waals surface area contributed by atoms with Crippen LogP contribution in [0.1, 0.15) is 116 Å². The molecule has 3 saturated heterocycles. The summed E-state index contributed by atoms with van der Waals surface area (Å²) in [6.07, 6.45) is 0.993. The number of rotatable bonds is 6. The lowest BCUT2D eigenvalue weighted by Crippen LogP contribution is -2.75. The summed E-state index contributed by atoms with van der Waals surface area (Å²) in [6, 6.07) is 5.48. The van der Waals surface area contributed by atoms with Gasteiger partial charge in [-0.25, -0.2) is 9.59 Å². The molecule has 0 aliphatic carbocycles. The number of ether oxygens (including phenoxy) is 8. The number of nitriles is 1. The molecular formula is C48H54N4O12S. The molecule has 2 bridgehead atoms. The highest BCUT2D eigenvalue weighted by molar-refractivity contribution is 7.99. The molecule has 65 heavy (non-hydrogen) atoms. The number of carbonyl (C=O) groups is 3. The summed E-state index contributed by atoms with van der Waals surface area (Å²) in [6.45, 7) is 13.2. The van der Waals surface area contributed by atoms with Crippen LogP contribution in [0.25, 0.3) is 0 Å². The number of aryl methyl sites for hydroxylation is 1. The number of piperazine rings is 1. The maximum Gasteiger partial charge on any atom is 0.514 e. The summed E-state index contributed by atoms with van der Waals surface area (Å²) >= 11 is 1.48. The number of methoxy groups -OCH3 is 2. The number of fused-ring (bicyclic) bond motifs is 8. The molecule has 17 heteroatoms. The number of benzene rings is 3. The average Bonchev–Trinajstić information content (AvgIpc) is 3.82. The Labute approximate surface area is 381 Å². The Balaban J connectivity index is 1.19. The van der Waals surface area contributed by atoms with E-state index in [0.717, 1.165) is 22.3 Å². The summed E-state index contributed by atoms with van der Waals surface area (Å²) < 4.78 is 48.3. The quantitative estimate of drug-likeness (QED) is 0.149. The standard InChI is InChI=1S/C48H54N4O12S/c1-10-11-32(53)63-40-23(3)41-42(61-21-60-41)34-29-19-59-44(55)48(25-16-30(57-8)31(15-24(25)12-13-50-48)62-45(56)64-46(4,5)6)20-65-43(35(34)40)37-36-33-26(14-22(2)39(58-9)38(33)54)47(7)17-27(52(36)47)28(18-49)51(29)37/h14-16,27-29,36-37,43,50,54H,10-13,17,19-21H2,1-9H3/t27-,28-,29?,36+,37?,43?,47+,48+/m0/s1. The normalized spacial score (nSPS) is 29.2. The van der Waals surface area contributed by atoms with E-state index in [1.807, 2.05) is 20.8 Å². The van der Waals surface area contributed by atoms with E-state index < -0.39 is 64.2 Å². The van der Waals surface area contributed by atoms with Crippen molar-refractivity contribution in [3.05, 3.63) is 62.7 Å². The molecule has 3 fully saturated rings. The molecule has 0 radical (unpaired) electrons. The minimum Gasteiger partial charge on any atom is -0.504 e. The Morgan fingerprint density at radius 3 is 2.49 bits per heavy atom. The van der Waals surface area contributed by atoms with Gasteiger partial charge in [-0.05, 0) is 101 Å². The lowest BCUT2D eigenvalue weighted by atomic mass is 9.70. The van der Waals surface area contributed by atoms with E-state index in [0.29, 0.717) is 71.1 Å². The number of hydrogen-bond donors (Lipinski definition) is 2. The molecule has 8 heterocycles. The van der Waals surface area contributed by atoms with E-state index in [1.165, 1.54) is 18.9 Å². The number of esters is 2. The van der Waals surface area contributed by atoms with E-state index in [4.69, 9.17) is 37.9 Å². The number of aromatic hydroxyl groups is 1. The summed E-state index contributed by atoms with van der Waals surface area (Å²) in [4.78, 5) is 46.3. The van der Waals surface area contributed by atoms with Crippen molar-refractivity contribution in [2.75, 3.05) is 39.9 Å². The molecule has 0 aromatic heterocycles. The van der Waals surface area contributed by atoms with E-state index >= 15 is 4.79 Å². The molecule has 2 N–H and O–H groups in total. The third kappa shape index (κ3) is 6.23. The first-order valence-electron chi connectivity index (χ1n) is 22.2. The van der Waals surface area contributed by atoms with Crippen LogP contribution in [0.2, 0.25) is 0 Å². The van der Waals surface area contributed by atoms with Crippen molar-refractivity contribution in [2.45, 2.75) is 126 Å². The van der Waals surface area contributed by atoms with Gasteiger partial charge in [-0.3, -0.25) is 19.9 Å². The van der Waals surface area contributed by atoms with E-state index in [9.17, 15) is 20.0 Å². The minimum atomic E-state index is -1.45. The van der Waals surface area contributed by atoms with Crippen LogP contribution < -0.4 is 33.7 Å². The highest BCUT2D eigenvalue weighted by Gasteiger charge is 2.71. The Morgan fingerprint density at radius 1 is 1.02 bits per heavy atom. The van der Waals surface area contributed by atoms with Gasteiger partial charge in [0.25, 0.3) is 0 Å². The molecule has 11 rings (SSSR count). The van der Waals surface area contributed by atoms with Gasteiger partial charge in [-0.1, -0.05) is 6.92 Å². The van der Waals surface area contributed by atoms with Crippen molar-refractivity contribution >= 4 is 29.9 Å². The molecular weight excluding hydrogens is 857 g/mol. The molecule has 8 aliphatic heterocycles. The first-order chi connectivity index (χ1) is 31.0. The van der Waals surface area contributed by atoms with Crippen LogP contribution in [0.15, 0.2) is 18.2 Å².